The van der Waals surface area contributed by atoms with E-state index < -0.39 is 25.4 Å². The van der Waals surface area contributed by atoms with Crippen molar-refractivity contribution in [3.05, 3.63) is 76.6 Å². The molecule has 2 radical (unpaired) electrons. The van der Waals surface area contributed by atoms with Crippen LogP contribution in [0.5, 0.6) is 0 Å². The molecule has 0 fully saturated rings. The molecule has 0 N–H and O–H groups in total. The van der Waals surface area contributed by atoms with Crippen LogP contribution < -0.4 is 0 Å². The zero-order valence-corrected chi connectivity index (χ0v) is 12.2. The predicted octanol–water partition coefficient (Wildman–Crippen LogP) is -1.20. The van der Waals surface area contributed by atoms with Crippen molar-refractivity contribution >= 4 is 0 Å². The summed E-state index contributed by atoms with van der Waals surface area (Å²) in [5.74, 6) is 0. The van der Waals surface area contributed by atoms with E-state index in [9.17, 15) is 0 Å². The van der Waals surface area contributed by atoms with Gasteiger partial charge in [0.1, 0.15) is 0 Å². The van der Waals surface area contributed by atoms with Gasteiger partial charge in [0.15, 0.2) is 0 Å². The maximum atomic E-state index is 8.25. The fourth-order valence-corrected chi connectivity index (χ4v) is 0. The molecule has 0 saturated carbocycles. The second-order valence-corrected chi connectivity index (χ2v) is 1.12. The summed E-state index contributed by atoms with van der Waals surface area (Å²) in [5, 5.41) is 73.8. The Kier molecular flexibility index (Phi) is 70.6. The minimum absolute atomic E-state index is 0. The molecule has 0 bridgehead atoms. The van der Waals surface area contributed by atoms with E-state index in [1.807, 2.05) is 0 Å². The zero-order chi connectivity index (χ0) is 17.9. The summed E-state index contributed by atoms with van der Waals surface area (Å²) < 4.78 is 0. The van der Waals surface area contributed by atoms with Gasteiger partial charge in [-0.05, 0) is 0 Å². The smallest absolute Gasteiger partial charge is 0.356 e. The monoisotopic (exact) mass is 531 g/mol. The van der Waals surface area contributed by atoms with E-state index in [0.717, 1.165) is 0 Å². The Hall–Kier alpha value is -2.16. The molecule has 0 rings (SSSR count). The van der Waals surface area contributed by atoms with Crippen molar-refractivity contribution < 1.29 is 82.4 Å². The summed E-state index contributed by atoms with van der Waals surface area (Å²) in [4.78, 5) is 41.2. The van der Waals surface area contributed by atoms with Gasteiger partial charge in [0.2, 0.25) is 0 Å². The van der Waals surface area contributed by atoms with Crippen molar-refractivity contribution in [2.45, 2.75) is 0 Å². The number of nitrogens with zero attached hydrogens (tertiary/aromatic N) is 5. The molecule has 0 aromatic rings. The molecule has 134 valence electrons. The number of rotatable bonds is 0. The molecular weight excluding hydrogens is 531 g/mol. The van der Waals surface area contributed by atoms with Gasteiger partial charge >= 0.3 is 57.0 Å². The fourth-order valence-electron chi connectivity index (χ4n) is 0. The Labute approximate surface area is 158 Å². The molecular formula is CuGdN5O15. The van der Waals surface area contributed by atoms with Crippen LogP contribution in [-0.4, -0.2) is 25.4 Å². The van der Waals surface area contributed by atoms with E-state index in [4.69, 9.17) is 76.6 Å². The topological polar surface area (TPSA) is 331 Å². The molecule has 20 nitrogen and oxygen atoms in total. The number of hydrogen-bond donors (Lipinski definition) is 0. The Balaban J connectivity index is -0.0000000250. The first-order valence-corrected chi connectivity index (χ1v) is 2.74. The van der Waals surface area contributed by atoms with Gasteiger partial charge in [-0.15, -0.1) is 0 Å². The van der Waals surface area contributed by atoms with Crippen molar-refractivity contribution in [3.63, 3.8) is 0 Å². The molecule has 0 amide bonds. The summed E-state index contributed by atoms with van der Waals surface area (Å²) in [6.45, 7) is 0. The molecule has 0 aliphatic rings. The third-order valence-corrected chi connectivity index (χ3v) is 0. The van der Waals surface area contributed by atoms with Crippen molar-refractivity contribution in [1.29, 1.82) is 0 Å². The van der Waals surface area contributed by atoms with Gasteiger partial charge in [0.05, 0.1) is 25.4 Å². The van der Waals surface area contributed by atoms with Crippen molar-refractivity contribution in [1.82, 2.24) is 0 Å². The Morgan fingerprint density at radius 3 is 0.364 bits per heavy atom. The average molecular weight is 531 g/mol. The maximum Gasteiger partial charge on any atom is 3.00 e. The van der Waals surface area contributed by atoms with Gasteiger partial charge < -0.3 is 76.6 Å². The van der Waals surface area contributed by atoms with Crippen LogP contribution in [0.3, 0.4) is 0 Å². The first-order valence-electron chi connectivity index (χ1n) is 2.74. The molecule has 0 aromatic carbocycles. The molecule has 0 aromatic heterocycles. The van der Waals surface area contributed by atoms with Crippen LogP contribution in [0.1, 0.15) is 0 Å². The average Bonchev–Trinajstić information content (AvgIpc) is 1.94. The van der Waals surface area contributed by atoms with E-state index >= 15 is 0 Å². The summed E-state index contributed by atoms with van der Waals surface area (Å²) in [6.07, 6.45) is 0. The Morgan fingerprint density at radius 1 is 0.364 bits per heavy atom. The molecule has 0 heterocycles. The molecule has 0 aliphatic heterocycles. The molecule has 0 atom stereocenters. The van der Waals surface area contributed by atoms with Gasteiger partial charge in [-0.1, -0.05) is 0 Å². The number of hydrogen-bond acceptors (Lipinski definition) is 15. The summed E-state index contributed by atoms with van der Waals surface area (Å²) in [5.41, 5.74) is 0. The first-order chi connectivity index (χ1) is 8.66. The largest absolute Gasteiger partial charge is 3.00 e. The molecule has 0 saturated heterocycles. The SMILES string of the molecule is O=[N+]([O-])[O-].O=[N+]([O-])[O-].O=[N+]([O-])[O-].O=[N+]([O-])[O-].O=[N+]([O-])[O-].[Cu+2].[Gd+3]. The standard InChI is InChI=1S/Cu.Gd.5NO3/c;;5*2-1(3)4/q+2;+3;5*-1. The molecule has 22 heavy (non-hydrogen) atoms. The van der Waals surface area contributed by atoms with Crippen molar-refractivity contribution in [2.24, 2.45) is 0 Å². The van der Waals surface area contributed by atoms with E-state index in [2.05, 4.69) is 0 Å². The fraction of sp³-hybridized carbons (Fsp3) is 0. The van der Waals surface area contributed by atoms with Crippen LogP contribution in [0.2, 0.25) is 0 Å². The van der Waals surface area contributed by atoms with E-state index in [1.165, 1.54) is 0 Å². The molecule has 0 unspecified atom stereocenters. The summed E-state index contributed by atoms with van der Waals surface area (Å²) in [6, 6.07) is 0. The van der Waals surface area contributed by atoms with Crippen LogP contribution in [-0.2, 0) is 17.1 Å². The minimum atomic E-state index is -1.75. The molecule has 0 spiro atoms. The third-order valence-electron chi connectivity index (χ3n) is 0. The van der Waals surface area contributed by atoms with Crippen molar-refractivity contribution in [2.75, 3.05) is 0 Å². The van der Waals surface area contributed by atoms with E-state index in [1.54, 1.807) is 0 Å². The summed E-state index contributed by atoms with van der Waals surface area (Å²) >= 11 is 0. The van der Waals surface area contributed by atoms with E-state index in [-0.39, 0.29) is 57.0 Å². The minimum Gasteiger partial charge on any atom is -0.356 e. The Bertz CT molecular complexity index is 213. The van der Waals surface area contributed by atoms with Crippen LogP contribution in [0, 0.1) is 117 Å². The van der Waals surface area contributed by atoms with Gasteiger partial charge in [-0.2, -0.15) is 0 Å². The normalized spacial score (nSPS) is 5.45. The summed E-state index contributed by atoms with van der Waals surface area (Å²) in [7, 11) is 0. The van der Waals surface area contributed by atoms with Gasteiger partial charge in [-0.3, -0.25) is 0 Å². The second kappa shape index (κ2) is 36.4. The molecule has 0 aliphatic carbocycles. The zero-order valence-electron chi connectivity index (χ0n) is 9.01. The molecule has 22 heteroatoms. The van der Waals surface area contributed by atoms with E-state index in [0.29, 0.717) is 0 Å². The Morgan fingerprint density at radius 2 is 0.364 bits per heavy atom. The van der Waals surface area contributed by atoms with Gasteiger partial charge in [0.25, 0.3) is 0 Å². The van der Waals surface area contributed by atoms with Crippen LogP contribution in [0.4, 0.5) is 0 Å². The van der Waals surface area contributed by atoms with Gasteiger partial charge in [-0.25, -0.2) is 0 Å². The van der Waals surface area contributed by atoms with Crippen LogP contribution in [0.25, 0.3) is 0 Å². The van der Waals surface area contributed by atoms with Crippen molar-refractivity contribution in [3.8, 4) is 0 Å². The van der Waals surface area contributed by atoms with Crippen LogP contribution >= 0.6 is 0 Å². The first kappa shape index (κ1) is 42.7. The maximum absolute atomic E-state index is 8.25. The quantitative estimate of drug-likeness (QED) is 0.201. The predicted molar refractivity (Wildman–Crippen MR) is 51.8 cm³/mol. The van der Waals surface area contributed by atoms with Gasteiger partial charge in [0, 0.05) is 0 Å². The van der Waals surface area contributed by atoms with Crippen LogP contribution in [0.15, 0.2) is 0 Å². The third kappa shape index (κ3) is 1090. The second-order valence-electron chi connectivity index (χ2n) is 1.12.